The highest BCUT2D eigenvalue weighted by atomic mass is 35.5. The third-order valence-corrected chi connectivity index (χ3v) is 3.32. The van der Waals surface area contributed by atoms with Gasteiger partial charge < -0.3 is 5.32 Å². The molecular weight excluding hydrogens is 182 g/mol. The van der Waals surface area contributed by atoms with E-state index in [1.807, 2.05) is 0 Å². The van der Waals surface area contributed by atoms with Gasteiger partial charge in [-0.3, -0.25) is 0 Å². The second-order valence-corrected chi connectivity index (χ2v) is 4.89. The fourth-order valence-electron chi connectivity index (χ4n) is 1.82. The molecular formula is C11H22ClN. The fourth-order valence-corrected chi connectivity index (χ4v) is 2.22. The summed E-state index contributed by atoms with van der Waals surface area (Å²) in [7, 11) is 0. The number of halogens is 1. The zero-order valence-electron chi connectivity index (χ0n) is 8.91. The van der Waals surface area contributed by atoms with Gasteiger partial charge in [0, 0.05) is 18.5 Å². The lowest BCUT2D eigenvalue weighted by atomic mass is 10.0. The van der Waals surface area contributed by atoms with E-state index in [4.69, 9.17) is 11.6 Å². The van der Waals surface area contributed by atoms with Gasteiger partial charge in [0.25, 0.3) is 0 Å². The predicted molar refractivity (Wildman–Crippen MR) is 59.4 cm³/mol. The van der Waals surface area contributed by atoms with Crippen LogP contribution in [-0.2, 0) is 0 Å². The summed E-state index contributed by atoms with van der Waals surface area (Å²) < 4.78 is 0. The Labute approximate surface area is 87.2 Å². The van der Waals surface area contributed by atoms with Crippen molar-refractivity contribution in [1.82, 2.24) is 5.32 Å². The Balaban J connectivity index is 2.10. The maximum Gasteiger partial charge on any atom is 0.0229 e. The number of hydrogen-bond acceptors (Lipinski definition) is 1. The van der Waals surface area contributed by atoms with E-state index in [1.165, 1.54) is 38.6 Å². The Morgan fingerprint density at radius 3 is 2.62 bits per heavy atom. The highest BCUT2D eigenvalue weighted by Gasteiger charge is 2.41. The van der Waals surface area contributed by atoms with Crippen LogP contribution in [0.2, 0.25) is 0 Å². The van der Waals surface area contributed by atoms with Gasteiger partial charge in [-0.05, 0) is 38.0 Å². The molecule has 0 radical (unpaired) electrons. The van der Waals surface area contributed by atoms with Crippen LogP contribution in [0.1, 0.15) is 46.0 Å². The lowest BCUT2D eigenvalue weighted by Gasteiger charge is -2.18. The first-order valence-electron chi connectivity index (χ1n) is 5.52. The van der Waals surface area contributed by atoms with E-state index in [2.05, 4.69) is 19.2 Å². The number of nitrogens with one attached hydrogen (secondary N) is 1. The molecule has 1 rings (SSSR count). The van der Waals surface area contributed by atoms with Crippen LogP contribution >= 0.6 is 11.6 Å². The largest absolute Gasteiger partial charge is 0.314 e. The topological polar surface area (TPSA) is 12.0 Å². The second-order valence-electron chi connectivity index (χ2n) is 4.51. The van der Waals surface area contributed by atoms with Crippen molar-refractivity contribution < 1.29 is 0 Å². The van der Waals surface area contributed by atoms with Gasteiger partial charge in [0.1, 0.15) is 0 Å². The van der Waals surface area contributed by atoms with Crippen molar-refractivity contribution in [3.63, 3.8) is 0 Å². The molecule has 0 aromatic heterocycles. The molecule has 1 N–H and O–H groups in total. The van der Waals surface area contributed by atoms with Crippen molar-refractivity contribution in [3.05, 3.63) is 0 Å². The maximum absolute atomic E-state index is 5.77. The van der Waals surface area contributed by atoms with Crippen LogP contribution in [0.5, 0.6) is 0 Å². The summed E-state index contributed by atoms with van der Waals surface area (Å²) >= 11 is 5.77. The van der Waals surface area contributed by atoms with Crippen LogP contribution in [0.25, 0.3) is 0 Å². The Morgan fingerprint density at radius 2 is 2.15 bits per heavy atom. The van der Waals surface area contributed by atoms with Gasteiger partial charge in [-0.1, -0.05) is 13.3 Å². The van der Waals surface area contributed by atoms with Crippen molar-refractivity contribution in [3.8, 4) is 0 Å². The third-order valence-electron chi connectivity index (χ3n) is 3.13. The van der Waals surface area contributed by atoms with Crippen molar-refractivity contribution in [2.24, 2.45) is 5.41 Å². The van der Waals surface area contributed by atoms with Gasteiger partial charge in [0.05, 0.1) is 0 Å². The van der Waals surface area contributed by atoms with Gasteiger partial charge in [0.15, 0.2) is 0 Å². The Bertz CT molecular complexity index is 143. The van der Waals surface area contributed by atoms with Crippen molar-refractivity contribution in [2.75, 3.05) is 12.4 Å². The summed E-state index contributed by atoms with van der Waals surface area (Å²) in [6, 6.07) is 0.679. The Kier molecular flexibility index (Phi) is 4.54. The number of alkyl halides is 1. The van der Waals surface area contributed by atoms with Crippen LogP contribution in [-0.4, -0.2) is 18.5 Å². The first-order chi connectivity index (χ1) is 6.22. The maximum atomic E-state index is 5.77. The van der Waals surface area contributed by atoms with E-state index in [9.17, 15) is 0 Å². The average Bonchev–Trinajstić information content (AvgIpc) is 2.84. The molecule has 0 bridgehead atoms. The summed E-state index contributed by atoms with van der Waals surface area (Å²) in [6.45, 7) is 5.70. The summed E-state index contributed by atoms with van der Waals surface area (Å²) in [5.74, 6) is 0.823. The first-order valence-corrected chi connectivity index (χ1v) is 6.05. The molecule has 0 amide bonds. The quantitative estimate of drug-likeness (QED) is 0.627. The Hall–Kier alpha value is 0.250. The van der Waals surface area contributed by atoms with Crippen LogP contribution in [0.3, 0.4) is 0 Å². The molecule has 1 atom stereocenters. The van der Waals surface area contributed by atoms with Crippen LogP contribution < -0.4 is 5.32 Å². The molecule has 0 heterocycles. The van der Waals surface area contributed by atoms with Crippen LogP contribution in [0, 0.1) is 5.41 Å². The zero-order chi connectivity index (χ0) is 9.73. The summed E-state index contributed by atoms with van der Waals surface area (Å²) in [5, 5.41) is 3.61. The van der Waals surface area contributed by atoms with E-state index in [0.29, 0.717) is 11.5 Å². The number of hydrogen-bond donors (Lipinski definition) is 1. The molecule has 78 valence electrons. The van der Waals surface area contributed by atoms with Crippen molar-refractivity contribution in [2.45, 2.75) is 52.0 Å². The smallest absolute Gasteiger partial charge is 0.0229 e. The minimum Gasteiger partial charge on any atom is -0.314 e. The normalized spacial score (nSPS) is 21.5. The molecule has 1 nitrogen and oxygen atoms in total. The summed E-state index contributed by atoms with van der Waals surface area (Å²) in [4.78, 5) is 0. The van der Waals surface area contributed by atoms with Gasteiger partial charge in [-0.2, -0.15) is 0 Å². The average molecular weight is 204 g/mol. The summed E-state index contributed by atoms with van der Waals surface area (Å²) in [5.41, 5.74) is 0.587. The van der Waals surface area contributed by atoms with Crippen molar-refractivity contribution >= 4 is 11.6 Å². The molecule has 0 aromatic carbocycles. The minimum absolute atomic E-state index is 0.587. The molecule has 0 aliphatic heterocycles. The van der Waals surface area contributed by atoms with Gasteiger partial charge >= 0.3 is 0 Å². The Morgan fingerprint density at radius 1 is 1.46 bits per heavy atom. The SMILES string of the molecule is CCCC(C)NCC1(CCCl)CC1. The molecule has 0 aromatic rings. The molecule has 1 saturated carbocycles. The second kappa shape index (κ2) is 5.21. The van der Waals surface area contributed by atoms with E-state index < -0.39 is 0 Å². The molecule has 13 heavy (non-hydrogen) atoms. The molecule has 2 heteroatoms. The van der Waals surface area contributed by atoms with Crippen LogP contribution in [0.15, 0.2) is 0 Å². The fraction of sp³-hybridized carbons (Fsp3) is 1.00. The van der Waals surface area contributed by atoms with Gasteiger partial charge in [0.2, 0.25) is 0 Å². The lowest BCUT2D eigenvalue weighted by molar-refractivity contribution is 0.400. The highest BCUT2D eigenvalue weighted by molar-refractivity contribution is 6.17. The molecule has 0 saturated heterocycles. The van der Waals surface area contributed by atoms with E-state index in [-0.39, 0.29) is 0 Å². The first kappa shape index (κ1) is 11.3. The minimum atomic E-state index is 0.587. The molecule has 1 aliphatic rings. The van der Waals surface area contributed by atoms with E-state index >= 15 is 0 Å². The standard InChI is InChI=1S/C11H22ClN/c1-3-4-10(2)13-9-11(5-6-11)7-8-12/h10,13H,3-9H2,1-2H3. The molecule has 1 aliphatic carbocycles. The van der Waals surface area contributed by atoms with Crippen LogP contribution in [0.4, 0.5) is 0 Å². The summed E-state index contributed by atoms with van der Waals surface area (Å²) in [6.07, 6.45) is 6.52. The van der Waals surface area contributed by atoms with Gasteiger partial charge in [-0.25, -0.2) is 0 Å². The zero-order valence-corrected chi connectivity index (χ0v) is 9.66. The molecule has 0 spiro atoms. The molecule has 1 unspecified atom stereocenters. The van der Waals surface area contributed by atoms with Crippen molar-refractivity contribution in [1.29, 1.82) is 0 Å². The lowest BCUT2D eigenvalue weighted by Crippen LogP contribution is -2.32. The third kappa shape index (κ3) is 3.86. The highest BCUT2D eigenvalue weighted by Crippen LogP contribution is 2.48. The van der Waals surface area contributed by atoms with E-state index in [0.717, 1.165) is 5.88 Å². The number of rotatable bonds is 7. The van der Waals surface area contributed by atoms with E-state index in [1.54, 1.807) is 0 Å². The van der Waals surface area contributed by atoms with Gasteiger partial charge in [-0.15, -0.1) is 11.6 Å². The monoisotopic (exact) mass is 203 g/mol. The predicted octanol–water partition coefficient (Wildman–Crippen LogP) is 3.17. The molecule has 1 fully saturated rings.